The maximum absolute atomic E-state index is 11.7. The molecule has 0 atom stereocenters. The lowest BCUT2D eigenvalue weighted by Crippen LogP contribution is -2.14. The molecule has 2 rings (SSSR count). The number of ether oxygens (including phenoxy) is 1. The lowest BCUT2D eigenvalue weighted by molar-refractivity contribution is 0.0941. The van der Waals surface area contributed by atoms with Gasteiger partial charge in [-0.25, -0.2) is 0 Å². The molecule has 0 fully saturated rings. The van der Waals surface area contributed by atoms with Gasteiger partial charge in [-0.1, -0.05) is 0 Å². The van der Waals surface area contributed by atoms with Crippen LogP contribution >= 0.6 is 0 Å². The largest absolute Gasteiger partial charge is 0.497 e. The molecule has 0 aliphatic carbocycles. The number of aromatic nitrogens is 1. The first-order chi connectivity index (χ1) is 9.02. The van der Waals surface area contributed by atoms with E-state index in [9.17, 15) is 4.79 Å². The average Bonchev–Trinajstić information content (AvgIpc) is 2.74. The highest BCUT2D eigenvalue weighted by Gasteiger charge is 2.12. The van der Waals surface area contributed by atoms with E-state index in [1.54, 1.807) is 18.6 Å². The summed E-state index contributed by atoms with van der Waals surface area (Å²) in [6, 6.07) is 5.88. The van der Waals surface area contributed by atoms with Gasteiger partial charge in [-0.2, -0.15) is 0 Å². The van der Waals surface area contributed by atoms with E-state index in [1.807, 2.05) is 38.5 Å². The van der Waals surface area contributed by atoms with Gasteiger partial charge in [0, 0.05) is 31.1 Å². The molecule has 0 saturated heterocycles. The van der Waals surface area contributed by atoms with Gasteiger partial charge < -0.3 is 9.64 Å². The van der Waals surface area contributed by atoms with Crippen LogP contribution in [-0.2, 0) is 6.42 Å². The van der Waals surface area contributed by atoms with Crippen LogP contribution in [-0.4, -0.2) is 43.1 Å². The highest BCUT2D eigenvalue weighted by Crippen LogP contribution is 2.26. The van der Waals surface area contributed by atoms with Crippen LogP contribution in [0.4, 0.5) is 0 Å². The van der Waals surface area contributed by atoms with Crippen molar-refractivity contribution in [1.29, 1.82) is 0 Å². The van der Waals surface area contributed by atoms with Gasteiger partial charge in [-0.05, 0) is 38.2 Å². The number of carbonyl (C=O) groups excluding carboxylic acids is 1. The summed E-state index contributed by atoms with van der Waals surface area (Å²) in [5.41, 5.74) is 2.11. The molecule has 4 nitrogen and oxygen atoms in total. The Hall–Kier alpha value is -1.81. The number of hydrogen-bond donors (Lipinski definition) is 0. The van der Waals surface area contributed by atoms with E-state index in [-0.39, 0.29) is 5.91 Å². The second-order valence-electron chi connectivity index (χ2n) is 4.98. The Bertz CT molecular complexity index is 599. The maximum Gasteiger partial charge on any atom is 0.227 e. The number of rotatable bonds is 4. The average molecular weight is 260 g/mol. The molecule has 0 radical (unpaired) electrons. The van der Waals surface area contributed by atoms with Crippen molar-refractivity contribution >= 4 is 16.8 Å². The summed E-state index contributed by atoms with van der Waals surface area (Å²) < 4.78 is 6.93. The zero-order valence-electron chi connectivity index (χ0n) is 11.9. The molecule has 0 saturated carbocycles. The summed E-state index contributed by atoms with van der Waals surface area (Å²) in [5, 5.41) is 1.12. The van der Waals surface area contributed by atoms with Crippen molar-refractivity contribution in [2.45, 2.75) is 13.3 Å². The number of nitrogens with zero attached hydrogens (tertiary/aromatic N) is 2. The van der Waals surface area contributed by atoms with Gasteiger partial charge in [-0.15, -0.1) is 0 Å². The van der Waals surface area contributed by atoms with Gasteiger partial charge >= 0.3 is 0 Å². The fraction of sp³-hybridized carbons (Fsp3) is 0.400. The summed E-state index contributed by atoms with van der Waals surface area (Å²) in [7, 11) is 5.73. The first-order valence-corrected chi connectivity index (χ1v) is 6.36. The van der Waals surface area contributed by atoms with Crippen LogP contribution in [0.5, 0.6) is 5.75 Å². The van der Waals surface area contributed by atoms with Crippen LogP contribution in [0.15, 0.2) is 24.4 Å². The molecule has 0 aliphatic rings. The van der Waals surface area contributed by atoms with Gasteiger partial charge in [0.15, 0.2) is 0 Å². The van der Waals surface area contributed by atoms with E-state index in [4.69, 9.17) is 4.74 Å². The monoisotopic (exact) mass is 260 g/mol. The third-order valence-electron chi connectivity index (χ3n) is 3.26. The molecule has 2 aromatic rings. The first-order valence-electron chi connectivity index (χ1n) is 6.36. The van der Waals surface area contributed by atoms with E-state index >= 15 is 0 Å². The molecule has 1 heterocycles. The highest BCUT2D eigenvalue weighted by molar-refractivity contribution is 5.94. The van der Waals surface area contributed by atoms with Gasteiger partial charge in [0.25, 0.3) is 0 Å². The molecule has 102 valence electrons. The van der Waals surface area contributed by atoms with Crippen LogP contribution in [0.3, 0.4) is 0 Å². The Morgan fingerprint density at radius 1 is 1.37 bits per heavy atom. The van der Waals surface area contributed by atoms with Gasteiger partial charge in [-0.3, -0.25) is 9.36 Å². The van der Waals surface area contributed by atoms with Gasteiger partial charge in [0.1, 0.15) is 5.75 Å². The molecule has 0 spiro atoms. The molecule has 0 unspecified atom stereocenters. The smallest absolute Gasteiger partial charge is 0.227 e. The summed E-state index contributed by atoms with van der Waals surface area (Å²) in [6.45, 7) is 2.54. The van der Waals surface area contributed by atoms with E-state index < -0.39 is 0 Å². The predicted molar refractivity (Wildman–Crippen MR) is 77.0 cm³/mol. The zero-order valence-corrected chi connectivity index (χ0v) is 11.9. The summed E-state index contributed by atoms with van der Waals surface area (Å²) in [5.74, 6) is 0.793. The van der Waals surface area contributed by atoms with E-state index in [0.29, 0.717) is 0 Å². The Morgan fingerprint density at radius 2 is 2.11 bits per heavy atom. The topological polar surface area (TPSA) is 34.5 Å². The molecule has 4 heteroatoms. The number of benzene rings is 1. The standard InChI is InChI=1S/C15H20N2O2/c1-11(18)17-10-12(7-8-16(2)3)14-6-5-13(19-4)9-15(14)17/h5-6,9-10H,7-8H2,1-4H3. The maximum atomic E-state index is 11.7. The molecule has 0 N–H and O–H groups in total. The lowest BCUT2D eigenvalue weighted by atomic mass is 10.1. The van der Waals surface area contributed by atoms with E-state index in [1.165, 1.54) is 5.56 Å². The number of hydrogen-bond acceptors (Lipinski definition) is 3. The van der Waals surface area contributed by atoms with E-state index in [0.717, 1.165) is 29.6 Å². The number of methoxy groups -OCH3 is 1. The molecule has 1 aromatic heterocycles. The van der Waals surface area contributed by atoms with Crippen LogP contribution in [0.25, 0.3) is 10.9 Å². The van der Waals surface area contributed by atoms with E-state index in [2.05, 4.69) is 4.90 Å². The molecule has 19 heavy (non-hydrogen) atoms. The Labute approximate surface area is 113 Å². The summed E-state index contributed by atoms with van der Waals surface area (Å²) in [6.07, 6.45) is 2.87. The minimum absolute atomic E-state index is 0.0226. The molecular weight excluding hydrogens is 240 g/mol. The van der Waals surface area contributed by atoms with Crippen molar-refractivity contribution < 1.29 is 9.53 Å². The second-order valence-corrected chi connectivity index (χ2v) is 4.98. The fourth-order valence-corrected chi connectivity index (χ4v) is 2.21. The Balaban J connectivity index is 2.50. The molecule has 0 bridgehead atoms. The van der Waals surface area contributed by atoms with Crippen LogP contribution in [0.1, 0.15) is 17.3 Å². The van der Waals surface area contributed by atoms with Crippen molar-refractivity contribution in [3.8, 4) is 5.75 Å². The first kappa shape index (κ1) is 13.6. The normalized spacial score (nSPS) is 11.2. The quantitative estimate of drug-likeness (QED) is 0.846. The lowest BCUT2D eigenvalue weighted by Gasteiger charge is -2.08. The number of carbonyl (C=O) groups is 1. The highest BCUT2D eigenvalue weighted by atomic mass is 16.5. The molecule has 0 aliphatic heterocycles. The van der Waals surface area contributed by atoms with Crippen molar-refractivity contribution in [2.24, 2.45) is 0 Å². The second kappa shape index (κ2) is 5.45. The molecule has 0 amide bonds. The number of likely N-dealkylation sites (N-methyl/N-ethyl adjacent to an activating group) is 1. The third-order valence-corrected chi connectivity index (χ3v) is 3.26. The fourth-order valence-electron chi connectivity index (χ4n) is 2.21. The SMILES string of the molecule is COc1ccc2c(CCN(C)C)cn(C(C)=O)c2c1. The molecule has 1 aromatic carbocycles. The molecular formula is C15H20N2O2. The van der Waals surface area contributed by atoms with Crippen molar-refractivity contribution in [1.82, 2.24) is 9.47 Å². The Morgan fingerprint density at radius 3 is 2.68 bits per heavy atom. The van der Waals surface area contributed by atoms with Gasteiger partial charge in [0.2, 0.25) is 5.91 Å². The predicted octanol–water partition coefficient (Wildman–Crippen LogP) is 2.41. The minimum Gasteiger partial charge on any atom is -0.497 e. The number of fused-ring (bicyclic) bond motifs is 1. The summed E-state index contributed by atoms with van der Waals surface area (Å²) in [4.78, 5) is 13.9. The van der Waals surface area contributed by atoms with Crippen LogP contribution in [0, 0.1) is 0 Å². The Kier molecular flexibility index (Phi) is 3.90. The van der Waals surface area contributed by atoms with Crippen molar-refractivity contribution in [3.05, 3.63) is 30.0 Å². The van der Waals surface area contributed by atoms with Gasteiger partial charge in [0.05, 0.1) is 12.6 Å². The third kappa shape index (κ3) is 2.79. The van der Waals surface area contributed by atoms with Crippen molar-refractivity contribution in [2.75, 3.05) is 27.7 Å². The van der Waals surface area contributed by atoms with Crippen LogP contribution in [0.2, 0.25) is 0 Å². The van der Waals surface area contributed by atoms with Crippen LogP contribution < -0.4 is 4.74 Å². The summed E-state index contributed by atoms with van der Waals surface area (Å²) >= 11 is 0. The zero-order chi connectivity index (χ0) is 14.0. The minimum atomic E-state index is 0.0226. The van der Waals surface area contributed by atoms with Crippen molar-refractivity contribution in [3.63, 3.8) is 0 Å².